The predicted octanol–water partition coefficient (Wildman–Crippen LogP) is 2.89. The van der Waals surface area contributed by atoms with Crippen molar-refractivity contribution in [3.63, 3.8) is 0 Å². The highest BCUT2D eigenvalue weighted by atomic mass is 16.5. The molecule has 1 saturated heterocycles. The molecule has 1 fully saturated rings. The number of carbonyl (C=O) groups excluding carboxylic acids is 1. The third kappa shape index (κ3) is 5.61. The summed E-state index contributed by atoms with van der Waals surface area (Å²) in [5, 5.41) is 6.02. The Morgan fingerprint density at radius 2 is 1.88 bits per heavy atom. The van der Waals surface area contributed by atoms with Crippen molar-refractivity contribution in [3.8, 4) is 11.4 Å². The summed E-state index contributed by atoms with van der Waals surface area (Å²) >= 11 is 0. The Balaban J connectivity index is 1.50. The van der Waals surface area contributed by atoms with Crippen molar-refractivity contribution < 1.29 is 9.53 Å². The second kappa shape index (κ2) is 11.9. The molecular weight excluding hydrogens is 536 g/mol. The van der Waals surface area contributed by atoms with Gasteiger partial charge in [0.2, 0.25) is 11.9 Å². The van der Waals surface area contributed by atoms with Gasteiger partial charge < -0.3 is 25.2 Å². The average Bonchev–Trinajstić information content (AvgIpc) is 3.00. The molecule has 0 atom stereocenters. The van der Waals surface area contributed by atoms with Gasteiger partial charge in [-0.3, -0.25) is 14.2 Å². The molecule has 0 bridgehead atoms. The maximum Gasteiger partial charge on any atom is 0.337 e. The van der Waals surface area contributed by atoms with Gasteiger partial charge in [0.15, 0.2) is 5.65 Å². The summed E-state index contributed by atoms with van der Waals surface area (Å²) in [6, 6.07) is 13.2. The Hall–Kier alpha value is -4.97. The van der Waals surface area contributed by atoms with Crippen molar-refractivity contribution in [1.82, 2.24) is 24.0 Å². The third-order valence-corrected chi connectivity index (χ3v) is 7.54. The second-order valence-corrected chi connectivity index (χ2v) is 10.3. The van der Waals surface area contributed by atoms with Crippen LogP contribution in [-0.2, 0) is 11.8 Å². The van der Waals surface area contributed by atoms with E-state index in [2.05, 4.69) is 51.1 Å². The van der Waals surface area contributed by atoms with E-state index in [0.717, 1.165) is 42.3 Å². The molecule has 0 radical (unpaired) electrons. The van der Waals surface area contributed by atoms with Crippen LogP contribution in [0, 0.1) is 0 Å². The molecule has 2 N–H and O–H groups in total. The first-order chi connectivity index (χ1) is 20.2. The Morgan fingerprint density at radius 1 is 1.12 bits per heavy atom. The van der Waals surface area contributed by atoms with Crippen molar-refractivity contribution in [2.75, 3.05) is 49.8 Å². The number of hydrogen-bond donors (Lipinski definition) is 2. The summed E-state index contributed by atoms with van der Waals surface area (Å²) < 4.78 is 8.00. The number of amides is 1. The third-order valence-electron chi connectivity index (χ3n) is 7.54. The minimum Gasteiger partial charge on any atom is -0.494 e. The van der Waals surface area contributed by atoms with Crippen molar-refractivity contribution in [2.24, 2.45) is 7.05 Å². The molecule has 3 heterocycles. The fourth-order valence-electron chi connectivity index (χ4n) is 5.15. The molecule has 12 heteroatoms. The van der Waals surface area contributed by atoms with E-state index in [9.17, 15) is 14.4 Å². The lowest BCUT2D eigenvalue weighted by Gasteiger charge is -2.36. The predicted molar refractivity (Wildman–Crippen MR) is 164 cm³/mol. The minimum atomic E-state index is -0.593. The SMILES string of the molecule is C=CC(=O)Nc1cccc(-n2c(=O)n(C)c(=O)c3cnc(Nc4ccc(N5CCC(N(C)C)CC5)cc4OC)nc32)c1. The van der Waals surface area contributed by atoms with Crippen LogP contribution in [0.1, 0.15) is 12.8 Å². The van der Waals surface area contributed by atoms with Crippen LogP contribution < -0.4 is 31.5 Å². The lowest BCUT2D eigenvalue weighted by Crippen LogP contribution is -2.41. The summed E-state index contributed by atoms with van der Waals surface area (Å²) in [5.74, 6) is 0.396. The summed E-state index contributed by atoms with van der Waals surface area (Å²) in [5.41, 5.74) is 1.57. The van der Waals surface area contributed by atoms with E-state index in [1.807, 2.05) is 18.2 Å². The number of anilines is 4. The molecule has 42 heavy (non-hydrogen) atoms. The molecule has 0 saturated carbocycles. The maximum absolute atomic E-state index is 13.3. The van der Waals surface area contributed by atoms with Crippen molar-refractivity contribution >= 4 is 40.0 Å². The van der Waals surface area contributed by atoms with Crippen molar-refractivity contribution in [1.29, 1.82) is 0 Å². The number of nitrogens with one attached hydrogen (secondary N) is 2. The minimum absolute atomic E-state index is 0.118. The van der Waals surface area contributed by atoms with Gasteiger partial charge in [-0.05, 0) is 63.3 Å². The fraction of sp³-hybridized carbons (Fsp3) is 0.300. The van der Waals surface area contributed by atoms with E-state index in [1.54, 1.807) is 31.4 Å². The highest BCUT2D eigenvalue weighted by molar-refractivity contribution is 5.99. The van der Waals surface area contributed by atoms with Crippen LogP contribution in [0.2, 0.25) is 0 Å². The highest BCUT2D eigenvalue weighted by Crippen LogP contribution is 2.33. The molecule has 0 unspecified atom stereocenters. The summed E-state index contributed by atoms with van der Waals surface area (Å²) in [4.78, 5) is 51.7. The normalized spacial score (nSPS) is 13.8. The molecule has 4 aromatic rings. The number of fused-ring (bicyclic) bond motifs is 1. The zero-order valence-electron chi connectivity index (χ0n) is 24.1. The molecule has 2 aromatic carbocycles. The Labute approximate surface area is 242 Å². The largest absolute Gasteiger partial charge is 0.494 e. The summed E-state index contributed by atoms with van der Waals surface area (Å²) in [7, 11) is 7.24. The Morgan fingerprint density at radius 3 is 2.57 bits per heavy atom. The Kier molecular flexibility index (Phi) is 8.07. The zero-order chi connectivity index (χ0) is 30.0. The molecular formula is C30H34N8O4. The first kappa shape index (κ1) is 28.6. The molecule has 1 aliphatic rings. The average molecular weight is 571 g/mol. The van der Waals surface area contributed by atoms with E-state index in [1.165, 1.54) is 17.8 Å². The number of rotatable bonds is 8. The van der Waals surface area contributed by atoms with Crippen LogP contribution in [0.5, 0.6) is 5.75 Å². The van der Waals surface area contributed by atoms with Gasteiger partial charge in [-0.15, -0.1) is 0 Å². The zero-order valence-corrected chi connectivity index (χ0v) is 24.1. The number of nitrogens with zero attached hydrogens (tertiary/aromatic N) is 6. The van der Waals surface area contributed by atoms with Crippen LogP contribution in [0.4, 0.5) is 23.0 Å². The summed E-state index contributed by atoms with van der Waals surface area (Å²) in [6.45, 7) is 5.38. The van der Waals surface area contributed by atoms with Crippen LogP contribution in [0.3, 0.4) is 0 Å². The maximum atomic E-state index is 13.3. The topological polar surface area (TPSA) is 127 Å². The van der Waals surface area contributed by atoms with Gasteiger partial charge in [-0.2, -0.15) is 4.98 Å². The molecule has 218 valence electrons. The quantitative estimate of drug-likeness (QED) is 0.308. The van der Waals surface area contributed by atoms with Gasteiger partial charge >= 0.3 is 5.69 Å². The smallest absolute Gasteiger partial charge is 0.337 e. The number of benzene rings is 2. The number of carbonyl (C=O) groups is 1. The molecule has 2 aromatic heterocycles. The standard InChI is InChI=1S/C30H34N8O4/c1-6-26(39)32-19-8-7-9-22(16-19)38-27-23(28(40)36(4)30(38)41)18-31-29(34-27)33-24-11-10-21(17-25(24)42-5)37-14-12-20(13-15-37)35(2)3/h6-11,16-18,20H,1,12-15H2,2-5H3,(H,32,39)(H,31,33,34). The van der Waals surface area contributed by atoms with E-state index in [4.69, 9.17) is 4.74 Å². The van der Waals surface area contributed by atoms with Crippen LogP contribution in [-0.4, -0.2) is 70.2 Å². The van der Waals surface area contributed by atoms with Gasteiger partial charge in [0, 0.05) is 49.8 Å². The van der Waals surface area contributed by atoms with Crippen molar-refractivity contribution in [3.05, 3.63) is 82.2 Å². The number of hydrogen-bond acceptors (Lipinski definition) is 9. The number of aromatic nitrogens is 4. The Bertz CT molecular complexity index is 1770. The molecule has 0 aliphatic carbocycles. The van der Waals surface area contributed by atoms with E-state index in [-0.39, 0.29) is 17.0 Å². The van der Waals surface area contributed by atoms with Crippen molar-refractivity contribution in [2.45, 2.75) is 18.9 Å². The highest BCUT2D eigenvalue weighted by Gasteiger charge is 2.22. The lowest BCUT2D eigenvalue weighted by molar-refractivity contribution is -0.111. The molecule has 1 amide bonds. The second-order valence-electron chi connectivity index (χ2n) is 10.3. The number of piperidine rings is 1. The van der Waals surface area contributed by atoms with Gasteiger partial charge in [0.25, 0.3) is 5.56 Å². The van der Waals surface area contributed by atoms with Gasteiger partial charge in [0.1, 0.15) is 11.1 Å². The van der Waals surface area contributed by atoms with Crippen LogP contribution in [0.15, 0.2) is 70.9 Å². The van der Waals surface area contributed by atoms with Gasteiger partial charge in [-0.25, -0.2) is 14.3 Å². The van der Waals surface area contributed by atoms with E-state index >= 15 is 0 Å². The van der Waals surface area contributed by atoms with E-state index < -0.39 is 17.2 Å². The molecule has 5 rings (SSSR count). The summed E-state index contributed by atoms with van der Waals surface area (Å²) in [6.07, 6.45) is 4.72. The van der Waals surface area contributed by atoms with Crippen LogP contribution in [0.25, 0.3) is 16.7 Å². The first-order valence-electron chi connectivity index (χ1n) is 13.6. The first-order valence-corrected chi connectivity index (χ1v) is 13.6. The lowest BCUT2D eigenvalue weighted by atomic mass is 10.0. The fourth-order valence-corrected chi connectivity index (χ4v) is 5.15. The number of ether oxygens (including phenoxy) is 1. The molecule has 0 spiro atoms. The van der Waals surface area contributed by atoms with E-state index in [0.29, 0.717) is 28.9 Å². The van der Waals surface area contributed by atoms with Gasteiger partial charge in [-0.1, -0.05) is 12.6 Å². The van der Waals surface area contributed by atoms with Gasteiger partial charge in [0.05, 0.1) is 18.5 Å². The monoisotopic (exact) mass is 570 g/mol. The molecule has 1 aliphatic heterocycles. The number of methoxy groups -OCH3 is 1. The molecule has 12 nitrogen and oxygen atoms in total. The van der Waals surface area contributed by atoms with Crippen LogP contribution >= 0.6 is 0 Å².